The van der Waals surface area contributed by atoms with E-state index in [9.17, 15) is 28.9 Å². The van der Waals surface area contributed by atoms with Gasteiger partial charge in [0, 0.05) is 19.3 Å². The van der Waals surface area contributed by atoms with Gasteiger partial charge in [-0.25, -0.2) is 4.57 Å². The zero-order valence-corrected chi connectivity index (χ0v) is 50.2. The number of ether oxygens (including phenoxy) is 3. The van der Waals surface area contributed by atoms with Crippen molar-refractivity contribution in [2.75, 3.05) is 26.4 Å². The van der Waals surface area contributed by atoms with Crippen molar-refractivity contribution in [1.82, 2.24) is 0 Å². The molecule has 0 aliphatic carbocycles. The standard InChI is InChI=1S/C66H111O11P/c1-4-7-10-13-16-19-22-25-28-31-34-37-40-43-46-49-52-55-64(68)73-59-63(77-66(70)57-54-51-48-45-42-39-36-33-30-27-24-21-18-15-12-9-6-3)61-75-78(71,72)74-60-62(58-67)76-65(69)56-53-50-47-44-41-38-35-32-29-26-23-20-17-14-11-8-5-2/h8-9,11-12,17-18,20-21,25-30,35-36,38-39,62-63,67H,4-7,10,13-16,19,22-24,31-34,37,40-61H2,1-3H3,(H,71,72)/b11-8-,12-9-,20-17-,21-18-,28-25-,29-26-,30-27-,38-35-,39-36-. The van der Waals surface area contributed by atoms with Gasteiger partial charge in [0.1, 0.15) is 12.7 Å². The summed E-state index contributed by atoms with van der Waals surface area (Å²) < 4.78 is 39.6. The Morgan fingerprint density at radius 1 is 0.372 bits per heavy atom. The Hall–Kier alpha value is -3.86. The monoisotopic (exact) mass is 1110 g/mol. The van der Waals surface area contributed by atoms with Gasteiger partial charge in [0.25, 0.3) is 0 Å². The van der Waals surface area contributed by atoms with Gasteiger partial charge in [0.2, 0.25) is 0 Å². The molecule has 446 valence electrons. The molecule has 0 aromatic carbocycles. The van der Waals surface area contributed by atoms with Crippen LogP contribution in [0.15, 0.2) is 109 Å². The highest BCUT2D eigenvalue weighted by atomic mass is 31.2. The number of carbonyl (C=O) groups is 3. The van der Waals surface area contributed by atoms with Gasteiger partial charge in [0.05, 0.1) is 19.8 Å². The van der Waals surface area contributed by atoms with E-state index in [1.165, 1.54) is 64.2 Å². The number of phosphoric acid groups is 1. The van der Waals surface area contributed by atoms with E-state index in [-0.39, 0.29) is 25.9 Å². The van der Waals surface area contributed by atoms with Gasteiger partial charge < -0.3 is 24.2 Å². The summed E-state index contributed by atoms with van der Waals surface area (Å²) >= 11 is 0. The lowest BCUT2D eigenvalue weighted by Crippen LogP contribution is -2.30. The van der Waals surface area contributed by atoms with Crippen LogP contribution in [0.5, 0.6) is 0 Å². The summed E-state index contributed by atoms with van der Waals surface area (Å²) in [6.07, 6.45) is 71.8. The SMILES string of the molecule is CC/C=C\C/C=C\C/C=C\C/C=C\CCCCCCC(=O)OC(CO)COP(=O)(O)OCC(COC(=O)CCCCCCCCC/C=C\CCCCCCCC)OC(=O)CCCCCC/C=C\C/C=C\C/C=C\C/C=C\CC. The number of esters is 3. The maximum Gasteiger partial charge on any atom is 0.472 e. The lowest BCUT2D eigenvalue weighted by molar-refractivity contribution is -0.161. The molecule has 0 heterocycles. The summed E-state index contributed by atoms with van der Waals surface area (Å²) in [5, 5.41) is 9.84. The second-order valence-corrected chi connectivity index (χ2v) is 21.6. The van der Waals surface area contributed by atoms with Gasteiger partial charge in [-0.1, -0.05) is 220 Å². The maximum absolute atomic E-state index is 12.9. The lowest BCUT2D eigenvalue weighted by Gasteiger charge is -2.21. The first-order valence-corrected chi connectivity index (χ1v) is 32.3. The molecule has 3 atom stereocenters. The van der Waals surface area contributed by atoms with Crippen LogP contribution in [-0.4, -0.2) is 66.5 Å². The summed E-state index contributed by atoms with van der Waals surface area (Å²) in [5.74, 6) is -1.53. The molecule has 2 N–H and O–H groups in total. The van der Waals surface area contributed by atoms with Crippen LogP contribution in [0.4, 0.5) is 0 Å². The Kier molecular flexibility index (Phi) is 56.3. The molecule has 0 aliphatic heterocycles. The molecule has 0 aromatic rings. The second kappa shape index (κ2) is 59.3. The first-order valence-electron chi connectivity index (χ1n) is 30.8. The number of aliphatic hydroxyl groups is 1. The second-order valence-electron chi connectivity index (χ2n) is 20.1. The van der Waals surface area contributed by atoms with Crippen LogP contribution in [0, 0.1) is 0 Å². The molecule has 0 rings (SSSR count). The van der Waals surface area contributed by atoms with E-state index in [1.807, 2.05) is 0 Å². The molecule has 3 unspecified atom stereocenters. The maximum atomic E-state index is 12.9. The fourth-order valence-corrected chi connectivity index (χ4v) is 8.82. The third-order valence-corrected chi connectivity index (χ3v) is 13.6. The Labute approximate surface area is 475 Å². The number of hydrogen-bond acceptors (Lipinski definition) is 10. The van der Waals surface area contributed by atoms with Crippen molar-refractivity contribution in [2.45, 2.75) is 264 Å². The van der Waals surface area contributed by atoms with Crippen molar-refractivity contribution in [1.29, 1.82) is 0 Å². The van der Waals surface area contributed by atoms with E-state index in [0.717, 1.165) is 128 Å². The minimum atomic E-state index is -4.77. The fraction of sp³-hybridized carbons (Fsp3) is 0.682. The molecule has 0 spiro atoms. The number of aliphatic hydroxyl groups excluding tert-OH is 1. The van der Waals surface area contributed by atoms with Crippen molar-refractivity contribution in [3.05, 3.63) is 109 Å². The average molecular weight is 1110 g/mol. The van der Waals surface area contributed by atoms with Crippen LogP contribution in [-0.2, 0) is 42.2 Å². The zero-order chi connectivity index (χ0) is 56.9. The molecule has 11 nitrogen and oxygen atoms in total. The topological polar surface area (TPSA) is 155 Å². The van der Waals surface area contributed by atoms with Crippen molar-refractivity contribution < 1.29 is 52.2 Å². The number of rotatable bonds is 56. The highest BCUT2D eigenvalue weighted by Gasteiger charge is 2.28. The van der Waals surface area contributed by atoms with Crippen LogP contribution < -0.4 is 0 Å². The average Bonchev–Trinajstić information content (AvgIpc) is 3.43. The summed E-state index contributed by atoms with van der Waals surface area (Å²) in [4.78, 5) is 48.7. The smallest absolute Gasteiger partial charge is 0.462 e. The van der Waals surface area contributed by atoms with Gasteiger partial charge in [0.15, 0.2) is 6.10 Å². The third-order valence-electron chi connectivity index (χ3n) is 12.7. The molecule has 0 aromatic heterocycles. The summed E-state index contributed by atoms with van der Waals surface area (Å²) in [5.41, 5.74) is 0. The van der Waals surface area contributed by atoms with Crippen molar-refractivity contribution in [2.24, 2.45) is 0 Å². The molecule has 0 radical (unpaired) electrons. The summed E-state index contributed by atoms with van der Waals surface area (Å²) in [7, 11) is -4.77. The zero-order valence-electron chi connectivity index (χ0n) is 49.3. The normalized spacial score (nSPS) is 14.1. The fourth-order valence-electron chi connectivity index (χ4n) is 8.04. The number of allylic oxidation sites excluding steroid dienone is 18. The van der Waals surface area contributed by atoms with Gasteiger partial charge in [-0.05, 0) is 122 Å². The number of carbonyl (C=O) groups excluding carboxylic acids is 3. The molecule has 0 aliphatic rings. The Bertz CT molecular complexity index is 1720. The minimum absolute atomic E-state index is 0.132. The molecule has 0 bridgehead atoms. The first-order chi connectivity index (χ1) is 38.2. The molecule has 0 saturated carbocycles. The van der Waals surface area contributed by atoms with Crippen LogP contribution in [0.1, 0.15) is 252 Å². The predicted molar refractivity (Wildman–Crippen MR) is 325 cm³/mol. The Morgan fingerprint density at radius 3 is 1.04 bits per heavy atom. The van der Waals surface area contributed by atoms with Gasteiger partial charge in [-0.15, -0.1) is 0 Å². The molecule has 0 saturated heterocycles. The molecule has 78 heavy (non-hydrogen) atoms. The van der Waals surface area contributed by atoms with E-state index in [2.05, 4.69) is 130 Å². The van der Waals surface area contributed by atoms with Crippen LogP contribution in [0.25, 0.3) is 0 Å². The van der Waals surface area contributed by atoms with Crippen LogP contribution in [0.3, 0.4) is 0 Å². The van der Waals surface area contributed by atoms with E-state index in [4.69, 9.17) is 23.3 Å². The van der Waals surface area contributed by atoms with Crippen molar-refractivity contribution in [3.63, 3.8) is 0 Å². The van der Waals surface area contributed by atoms with E-state index in [1.54, 1.807) is 0 Å². The number of phosphoric ester groups is 1. The molecular weight excluding hydrogens is 1000 g/mol. The summed E-state index contributed by atoms with van der Waals surface area (Å²) in [6, 6.07) is 0. The Morgan fingerprint density at radius 2 is 0.667 bits per heavy atom. The first kappa shape index (κ1) is 74.1. The highest BCUT2D eigenvalue weighted by molar-refractivity contribution is 7.47. The van der Waals surface area contributed by atoms with Crippen molar-refractivity contribution in [3.8, 4) is 0 Å². The Balaban J connectivity index is 4.79. The van der Waals surface area contributed by atoms with Gasteiger partial charge >= 0.3 is 25.7 Å². The minimum Gasteiger partial charge on any atom is -0.462 e. The van der Waals surface area contributed by atoms with E-state index in [0.29, 0.717) is 19.3 Å². The quantitative estimate of drug-likeness (QED) is 0.0197. The molecule has 12 heteroatoms. The molecular formula is C66H111O11P. The van der Waals surface area contributed by atoms with Crippen LogP contribution >= 0.6 is 7.82 Å². The van der Waals surface area contributed by atoms with E-state index >= 15 is 0 Å². The number of hydrogen-bond donors (Lipinski definition) is 2. The van der Waals surface area contributed by atoms with Crippen LogP contribution in [0.2, 0.25) is 0 Å². The molecule has 0 fully saturated rings. The summed E-state index contributed by atoms with van der Waals surface area (Å²) in [6.45, 7) is 4.36. The van der Waals surface area contributed by atoms with Gasteiger partial charge in [-0.2, -0.15) is 0 Å². The highest BCUT2D eigenvalue weighted by Crippen LogP contribution is 2.43. The largest absolute Gasteiger partial charge is 0.472 e. The molecule has 0 amide bonds. The lowest BCUT2D eigenvalue weighted by atomic mass is 10.1. The van der Waals surface area contributed by atoms with Crippen molar-refractivity contribution >= 4 is 25.7 Å². The van der Waals surface area contributed by atoms with Gasteiger partial charge in [-0.3, -0.25) is 23.4 Å². The third kappa shape index (κ3) is 56.8. The predicted octanol–water partition coefficient (Wildman–Crippen LogP) is 18.6. The van der Waals surface area contributed by atoms with E-state index < -0.39 is 57.8 Å². The number of unbranched alkanes of at least 4 members (excludes halogenated alkanes) is 21.